The number of likely N-dealkylation sites (N-methyl/N-ethyl adjacent to an activating group) is 1. The van der Waals surface area contributed by atoms with Crippen molar-refractivity contribution < 1.29 is 0 Å². The molecule has 19 heavy (non-hydrogen) atoms. The third-order valence-corrected chi connectivity index (χ3v) is 3.89. The SMILES string of the molecule is CNC(Cc1ccc2c(c1)CCC2)c1cnccn1. The fourth-order valence-corrected chi connectivity index (χ4v) is 2.83. The van der Waals surface area contributed by atoms with Gasteiger partial charge in [-0.25, -0.2) is 0 Å². The molecule has 1 aromatic carbocycles. The van der Waals surface area contributed by atoms with Gasteiger partial charge < -0.3 is 5.32 Å². The zero-order chi connectivity index (χ0) is 13.1. The molecule has 0 aliphatic heterocycles. The molecule has 1 aliphatic carbocycles. The predicted molar refractivity (Wildman–Crippen MR) is 76.0 cm³/mol. The largest absolute Gasteiger partial charge is 0.311 e. The molecular weight excluding hydrogens is 234 g/mol. The fourth-order valence-electron chi connectivity index (χ4n) is 2.83. The van der Waals surface area contributed by atoms with Gasteiger partial charge in [-0.15, -0.1) is 0 Å². The van der Waals surface area contributed by atoms with Gasteiger partial charge in [0.25, 0.3) is 0 Å². The van der Waals surface area contributed by atoms with E-state index in [1.165, 1.54) is 36.0 Å². The second kappa shape index (κ2) is 5.49. The molecule has 0 saturated heterocycles. The van der Waals surface area contributed by atoms with Crippen LogP contribution in [0.3, 0.4) is 0 Å². The van der Waals surface area contributed by atoms with E-state index in [2.05, 4.69) is 33.5 Å². The first-order valence-corrected chi connectivity index (χ1v) is 6.90. The first-order chi connectivity index (χ1) is 9.36. The molecule has 0 fully saturated rings. The lowest BCUT2D eigenvalue weighted by atomic mass is 9.99. The molecule has 0 bridgehead atoms. The first kappa shape index (κ1) is 12.3. The zero-order valence-corrected chi connectivity index (χ0v) is 11.3. The van der Waals surface area contributed by atoms with Crippen LogP contribution in [0.2, 0.25) is 0 Å². The Balaban J connectivity index is 1.80. The Morgan fingerprint density at radius 2 is 2.11 bits per heavy atom. The maximum absolute atomic E-state index is 4.39. The van der Waals surface area contributed by atoms with Crippen molar-refractivity contribution in [1.29, 1.82) is 0 Å². The zero-order valence-electron chi connectivity index (χ0n) is 11.3. The molecule has 3 heteroatoms. The molecule has 1 N–H and O–H groups in total. The summed E-state index contributed by atoms with van der Waals surface area (Å²) in [7, 11) is 1.98. The van der Waals surface area contributed by atoms with Crippen LogP contribution in [0.1, 0.15) is 34.8 Å². The van der Waals surface area contributed by atoms with Gasteiger partial charge in [0.1, 0.15) is 0 Å². The van der Waals surface area contributed by atoms with Crippen LogP contribution in [0.25, 0.3) is 0 Å². The van der Waals surface area contributed by atoms with Crippen LogP contribution in [-0.2, 0) is 19.3 Å². The van der Waals surface area contributed by atoms with Crippen molar-refractivity contribution in [3.05, 3.63) is 59.2 Å². The van der Waals surface area contributed by atoms with E-state index in [0.29, 0.717) is 0 Å². The molecule has 0 radical (unpaired) electrons. The van der Waals surface area contributed by atoms with Gasteiger partial charge in [0.2, 0.25) is 0 Å². The fraction of sp³-hybridized carbons (Fsp3) is 0.375. The summed E-state index contributed by atoms with van der Waals surface area (Å²) in [5.74, 6) is 0. The lowest BCUT2D eigenvalue weighted by molar-refractivity contribution is 0.573. The van der Waals surface area contributed by atoms with Crippen molar-refractivity contribution in [3.8, 4) is 0 Å². The van der Waals surface area contributed by atoms with Crippen molar-refractivity contribution in [3.63, 3.8) is 0 Å². The molecule has 98 valence electrons. The molecule has 0 spiro atoms. The van der Waals surface area contributed by atoms with E-state index in [0.717, 1.165) is 12.1 Å². The van der Waals surface area contributed by atoms with Crippen molar-refractivity contribution in [1.82, 2.24) is 15.3 Å². The number of fused-ring (bicyclic) bond motifs is 1. The number of nitrogens with zero attached hydrogens (tertiary/aromatic N) is 2. The lowest BCUT2D eigenvalue weighted by Crippen LogP contribution is -2.20. The van der Waals surface area contributed by atoms with E-state index in [9.17, 15) is 0 Å². The Morgan fingerprint density at radius 1 is 1.21 bits per heavy atom. The summed E-state index contributed by atoms with van der Waals surface area (Å²) in [5, 5.41) is 3.33. The summed E-state index contributed by atoms with van der Waals surface area (Å²) in [5.41, 5.74) is 5.45. The van der Waals surface area contributed by atoms with Gasteiger partial charge in [-0.2, -0.15) is 0 Å². The minimum atomic E-state index is 0.230. The number of rotatable bonds is 4. The summed E-state index contributed by atoms with van der Waals surface area (Å²) < 4.78 is 0. The van der Waals surface area contributed by atoms with E-state index in [1.807, 2.05) is 13.2 Å². The average Bonchev–Trinajstić information content (AvgIpc) is 2.93. The van der Waals surface area contributed by atoms with Gasteiger partial charge in [-0.05, 0) is 49.4 Å². The predicted octanol–water partition coefficient (Wildman–Crippen LogP) is 2.47. The van der Waals surface area contributed by atoms with Crippen LogP contribution < -0.4 is 5.32 Å². The van der Waals surface area contributed by atoms with E-state index in [1.54, 1.807) is 12.4 Å². The summed E-state index contributed by atoms with van der Waals surface area (Å²) in [6.45, 7) is 0. The first-order valence-electron chi connectivity index (χ1n) is 6.90. The molecule has 0 amide bonds. The second-order valence-electron chi connectivity index (χ2n) is 5.13. The number of hydrogen-bond donors (Lipinski definition) is 1. The smallest absolute Gasteiger partial charge is 0.0759 e. The van der Waals surface area contributed by atoms with Crippen LogP contribution in [-0.4, -0.2) is 17.0 Å². The van der Waals surface area contributed by atoms with Crippen molar-refractivity contribution in [2.45, 2.75) is 31.7 Å². The topological polar surface area (TPSA) is 37.8 Å². The van der Waals surface area contributed by atoms with E-state index >= 15 is 0 Å². The quantitative estimate of drug-likeness (QED) is 0.909. The van der Waals surface area contributed by atoms with E-state index in [4.69, 9.17) is 0 Å². The van der Waals surface area contributed by atoms with Crippen LogP contribution >= 0.6 is 0 Å². The van der Waals surface area contributed by atoms with Crippen LogP contribution in [0, 0.1) is 0 Å². The summed E-state index contributed by atoms with van der Waals surface area (Å²) in [4.78, 5) is 8.54. The van der Waals surface area contributed by atoms with E-state index in [-0.39, 0.29) is 6.04 Å². The molecule has 1 unspecified atom stereocenters. The Kier molecular flexibility index (Phi) is 3.56. The standard InChI is InChI=1S/C16H19N3/c1-17-15(16-11-18-7-8-19-16)10-12-5-6-13-3-2-4-14(13)9-12/h5-9,11,15,17H,2-4,10H2,1H3. The van der Waals surface area contributed by atoms with E-state index < -0.39 is 0 Å². The normalized spacial score (nSPS) is 15.2. The Hall–Kier alpha value is -1.74. The molecule has 0 saturated carbocycles. The number of hydrogen-bond acceptors (Lipinski definition) is 3. The molecule has 1 atom stereocenters. The Labute approximate surface area is 114 Å². The van der Waals surface area contributed by atoms with Crippen molar-refractivity contribution in [2.24, 2.45) is 0 Å². The monoisotopic (exact) mass is 253 g/mol. The highest BCUT2D eigenvalue weighted by Gasteiger charge is 2.15. The second-order valence-corrected chi connectivity index (χ2v) is 5.13. The minimum Gasteiger partial charge on any atom is -0.311 e. The Morgan fingerprint density at radius 3 is 2.89 bits per heavy atom. The van der Waals surface area contributed by atoms with Gasteiger partial charge in [0, 0.05) is 18.6 Å². The number of aromatic nitrogens is 2. The third kappa shape index (κ3) is 2.66. The van der Waals surface area contributed by atoms with Crippen molar-refractivity contribution in [2.75, 3.05) is 7.05 Å². The molecule has 1 heterocycles. The van der Waals surface area contributed by atoms with Gasteiger partial charge >= 0.3 is 0 Å². The molecule has 3 nitrogen and oxygen atoms in total. The lowest BCUT2D eigenvalue weighted by Gasteiger charge is -2.15. The van der Waals surface area contributed by atoms with Crippen LogP contribution in [0.4, 0.5) is 0 Å². The van der Waals surface area contributed by atoms with Crippen LogP contribution in [0.15, 0.2) is 36.8 Å². The Bertz CT molecular complexity index is 551. The number of aryl methyl sites for hydroxylation is 2. The summed E-state index contributed by atoms with van der Waals surface area (Å²) in [6.07, 6.45) is 10.1. The molecule has 3 rings (SSSR count). The van der Waals surface area contributed by atoms with Gasteiger partial charge in [-0.1, -0.05) is 18.2 Å². The number of nitrogens with one attached hydrogen (secondary N) is 1. The molecule has 2 aromatic rings. The van der Waals surface area contributed by atoms with Gasteiger partial charge in [0.05, 0.1) is 11.7 Å². The maximum Gasteiger partial charge on any atom is 0.0759 e. The molecule has 1 aliphatic rings. The van der Waals surface area contributed by atoms with Gasteiger partial charge in [-0.3, -0.25) is 9.97 Å². The molecular formula is C16H19N3. The number of benzene rings is 1. The minimum absolute atomic E-state index is 0.230. The summed E-state index contributed by atoms with van der Waals surface area (Å²) >= 11 is 0. The molecule has 1 aromatic heterocycles. The van der Waals surface area contributed by atoms with Crippen molar-refractivity contribution >= 4 is 0 Å². The van der Waals surface area contributed by atoms with Gasteiger partial charge in [0.15, 0.2) is 0 Å². The summed E-state index contributed by atoms with van der Waals surface area (Å²) in [6, 6.07) is 7.14. The highest BCUT2D eigenvalue weighted by molar-refractivity contribution is 5.35. The maximum atomic E-state index is 4.39. The third-order valence-electron chi connectivity index (χ3n) is 3.89. The highest BCUT2D eigenvalue weighted by Crippen LogP contribution is 2.24. The average molecular weight is 253 g/mol. The highest BCUT2D eigenvalue weighted by atomic mass is 14.9. The van der Waals surface area contributed by atoms with Crippen LogP contribution in [0.5, 0.6) is 0 Å².